The Kier molecular flexibility index (Phi) is 4.35. The fraction of sp³-hybridized carbons (Fsp3) is 0.263. The van der Waals surface area contributed by atoms with E-state index < -0.39 is 11.0 Å². The van der Waals surface area contributed by atoms with Crippen molar-refractivity contribution >= 4 is 34.1 Å². The minimum Gasteiger partial charge on any atom is -0.358 e. The van der Waals surface area contributed by atoms with E-state index in [0.717, 1.165) is 11.5 Å². The molecule has 1 unspecified atom stereocenters. The third kappa shape index (κ3) is 3.23. The Morgan fingerprint density at radius 1 is 1.34 bits per heavy atom. The highest BCUT2D eigenvalue weighted by molar-refractivity contribution is 6.00. The van der Waals surface area contributed by atoms with Crippen LogP contribution in [0.4, 0.5) is 17.3 Å². The molecule has 4 rings (SSSR count). The minimum absolute atomic E-state index is 0.0999. The van der Waals surface area contributed by atoms with E-state index in [1.165, 1.54) is 24.3 Å². The zero-order valence-corrected chi connectivity index (χ0v) is 15.8. The summed E-state index contributed by atoms with van der Waals surface area (Å²) >= 11 is 0. The Labute approximate surface area is 165 Å². The van der Waals surface area contributed by atoms with Gasteiger partial charge in [-0.25, -0.2) is 4.98 Å². The van der Waals surface area contributed by atoms with E-state index >= 15 is 0 Å². The van der Waals surface area contributed by atoms with E-state index in [4.69, 9.17) is 0 Å². The zero-order chi connectivity index (χ0) is 20.7. The molecular weight excluding hydrogens is 374 g/mol. The number of pyridine rings is 1. The molecule has 3 aromatic rings. The summed E-state index contributed by atoms with van der Waals surface area (Å²) in [7, 11) is 1.79. The predicted octanol–water partition coefficient (Wildman–Crippen LogP) is 2.27. The number of hydrogen-bond acceptors (Lipinski definition) is 7. The predicted molar refractivity (Wildman–Crippen MR) is 105 cm³/mol. The highest BCUT2D eigenvalue weighted by Crippen LogP contribution is 2.27. The number of fused-ring (bicyclic) bond motifs is 1. The quantitative estimate of drug-likeness (QED) is 0.533. The minimum atomic E-state index is -0.515. The molecule has 0 saturated carbocycles. The topological polar surface area (TPSA) is 130 Å². The lowest BCUT2D eigenvalue weighted by Crippen LogP contribution is -2.34. The highest BCUT2D eigenvalue weighted by Gasteiger charge is 2.34. The van der Waals surface area contributed by atoms with Crippen molar-refractivity contribution in [2.75, 3.05) is 16.8 Å². The molecule has 1 aliphatic heterocycles. The molecule has 2 aromatic heterocycles. The van der Waals surface area contributed by atoms with Gasteiger partial charge < -0.3 is 5.32 Å². The summed E-state index contributed by atoms with van der Waals surface area (Å²) < 4.78 is 1.67. The average Bonchev–Trinajstić information content (AvgIpc) is 3.21. The lowest BCUT2D eigenvalue weighted by molar-refractivity contribution is -0.384. The van der Waals surface area contributed by atoms with Gasteiger partial charge in [-0.3, -0.25) is 24.5 Å². The van der Waals surface area contributed by atoms with Crippen LogP contribution < -0.4 is 10.2 Å². The third-order valence-electron chi connectivity index (χ3n) is 4.90. The number of amides is 1. The van der Waals surface area contributed by atoms with Gasteiger partial charge in [-0.2, -0.15) is 10.4 Å². The van der Waals surface area contributed by atoms with Gasteiger partial charge in [0.05, 0.1) is 27.8 Å². The molecule has 1 atom stereocenters. The van der Waals surface area contributed by atoms with Crippen LogP contribution in [0, 0.1) is 28.4 Å². The van der Waals surface area contributed by atoms with Crippen LogP contribution in [-0.2, 0) is 11.8 Å². The van der Waals surface area contributed by atoms with Crippen molar-refractivity contribution in [2.45, 2.75) is 19.4 Å². The number of hydrogen-bond donors (Lipinski definition) is 1. The summed E-state index contributed by atoms with van der Waals surface area (Å²) in [5.41, 5.74) is 1.42. The van der Waals surface area contributed by atoms with Crippen LogP contribution in [0.5, 0.6) is 0 Å². The van der Waals surface area contributed by atoms with Gasteiger partial charge in [-0.05, 0) is 25.5 Å². The lowest BCUT2D eigenvalue weighted by atomic mass is 10.1. The third-order valence-corrected chi connectivity index (χ3v) is 4.90. The molecule has 0 aliphatic carbocycles. The number of nitriles is 1. The van der Waals surface area contributed by atoms with Gasteiger partial charge >= 0.3 is 0 Å². The largest absolute Gasteiger partial charge is 0.358 e. The number of anilines is 2. The van der Waals surface area contributed by atoms with Crippen molar-refractivity contribution in [3.05, 3.63) is 51.7 Å². The van der Waals surface area contributed by atoms with Gasteiger partial charge in [-0.1, -0.05) is 0 Å². The molecule has 0 radical (unpaired) electrons. The van der Waals surface area contributed by atoms with Gasteiger partial charge in [0.25, 0.3) is 11.6 Å². The first kappa shape index (κ1) is 18.4. The summed E-state index contributed by atoms with van der Waals surface area (Å²) in [6.07, 6.45) is 0.574. The molecule has 1 fully saturated rings. The normalized spacial score (nSPS) is 16.2. The molecular formula is C19H17N7O3. The first-order valence-corrected chi connectivity index (χ1v) is 8.95. The van der Waals surface area contributed by atoms with E-state index in [-0.39, 0.29) is 17.2 Å². The molecule has 1 aromatic carbocycles. The van der Waals surface area contributed by atoms with Gasteiger partial charge in [0, 0.05) is 37.2 Å². The van der Waals surface area contributed by atoms with Crippen molar-refractivity contribution in [3.63, 3.8) is 0 Å². The number of aryl methyl sites for hydroxylation is 2. The fourth-order valence-corrected chi connectivity index (χ4v) is 3.56. The smallest absolute Gasteiger partial charge is 0.270 e. The van der Waals surface area contributed by atoms with Crippen molar-refractivity contribution in [1.82, 2.24) is 14.8 Å². The van der Waals surface area contributed by atoms with Crippen molar-refractivity contribution < 1.29 is 9.72 Å². The number of nitrogens with one attached hydrogen (secondary N) is 1. The number of carbonyl (C=O) groups excluding carboxylic acids is 1. The van der Waals surface area contributed by atoms with Crippen molar-refractivity contribution in [3.8, 4) is 6.07 Å². The Morgan fingerprint density at radius 2 is 2.14 bits per heavy atom. The second-order valence-electron chi connectivity index (χ2n) is 6.87. The van der Waals surface area contributed by atoms with Gasteiger partial charge in [0.2, 0.25) is 0 Å². The summed E-state index contributed by atoms with van der Waals surface area (Å²) in [5.74, 6) is 1.01. The van der Waals surface area contributed by atoms with Gasteiger partial charge in [0.15, 0.2) is 0 Å². The molecule has 1 N–H and O–H groups in total. The number of benzene rings is 1. The second kappa shape index (κ2) is 6.87. The summed E-state index contributed by atoms with van der Waals surface area (Å²) in [6.45, 7) is 2.41. The van der Waals surface area contributed by atoms with Crippen LogP contribution >= 0.6 is 0 Å². The van der Waals surface area contributed by atoms with Crippen LogP contribution in [-0.4, -0.2) is 38.2 Å². The molecule has 10 nitrogen and oxygen atoms in total. The van der Waals surface area contributed by atoms with Crippen LogP contribution in [0.1, 0.15) is 17.7 Å². The zero-order valence-electron chi connectivity index (χ0n) is 15.8. The maximum atomic E-state index is 12.9. The van der Waals surface area contributed by atoms with Crippen LogP contribution in [0.2, 0.25) is 0 Å². The molecule has 0 bridgehead atoms. The van der Waals surface area contributed by atoms with Crippen LogP contribution in [0.15, 0.2) is 30.3 Å². The fourth-order valence-electron chi connectivity index (χ4n) is 3.56. The number of nitro groups is 1. The first-order valence-electron chi connectivity index (χ1n) is 8.95. The van der Waals surface area contributed by atoms with E-state index in [9.17, 15) is 20.2 Å². The maximum Gasteiger partial charge on any atom is 0.270 e. The first-order chi connectivity index (χ1) is 13.9. The molecule has 1 aliphatic rings. The number of aromatic nitrogens is 3. The van der Waals surface area contributed by atoms with Crippen LogP contribution in [0.25, 0.3) is 10.9 Å². The Balaban J connectivity index is 1.62. The maximum absolute atomic E-state index is 12.9. The Bertz CT molecular complexity index is 1190. The standard InChI is InChI=1S/C19H17N7O3/c1-11-7-18(24(2)23-11)25-6-5-16(19(25)27)22-17-8-12(10-20)14-9-13(26(28)29)3-4-15(14)21-17/h3-4,7-9,16H,5-6H2,1-2H3,(H,21,22). The molecule has 1 amide bonds. The molecule has 29 heavy (non-hydrogen) atoms. The van der Waals surface area contributed by atoms with E-state index in [0.29, 0.717) is 29.7 Å². The molecule has 10 heteroatoms. The Morgan fingerprint density at radius 3 is 2.79 bits per heavy atom. The van der Waals surface area contributed by atoms with E-state index in [2.05, 4.69) is 15.4 Å². The molecule has 0 spiro atoms. The average molecular weight is 391 g/mol. The van der Waals surface area contributed by atoms with E-state index in [1.807, 2.05) is 19.1 Å². The molecule has 3 heterocycles. The molecule has 146 valence electrons. The van der Waals surface area contributed by atoms with Crippen LogP contribution in [0.3, 0.4) is 0 Å². The lowest BCUT2D eigenvalue weighted by Gasteiger charge is -2.17. The highest BCUT2D eigenvalue weighted by atomic mass is 16.6. The number of carbonyl (C=O) groups is 1. The van der Waals surface area contributed by atoms with Crippen molar-refractivity contribution in [2.24, 2.45) is 7.05 Å². The SMILES string of the molecule is Cc1cc(N2CCC(Nc3cc(C#N)c4cc([N+](=O)[O-])ccc4n3)C2=O)n(C)n1. The number of rotatable bonds is 4. The van der Waals surface area contributed by atoms with Gasteiger partial charge in [-0.15, -0.1) is 0 Å². The van der Waals surface area contributed by atoms with Gasteiger partial charge in [0.1, 0.15) is 17.7 Å². The number of non-ortho nitro benzene ring substituents is 1. The summed E-state index contributed by atoms with van der Waals surface area (Å²) in [6, 6.07) is 9.10. The monoisotopic (exact) mass is 391 g/mol. The number of nitro benzene ring substituents is 1. The summed E-state index contributed by atoms with van der Waals surface area (Å²) in [5, 5.41) is 28.2. The van der Waals surface area contributed by atoms with Crippen molar-refractivity contribution in [1.29, 1.82) is 5.26 Å². The second-order valence-corrected chi connectivity index (χ2v) is 6.87. The number of nitrogens with zero attached hydrogens (tertiary/aromatic N) is 6. The molecule has 1 saturated heterocycles. The summed E-state index contributed by atoms with van der Waals surface area (Å²) in [4.78, 5) is 29.4. The Hall–Kier alpha value is -4.00. The van der Waals surface area contributed by atoms with E-state index in [1.54, 1.807) is 16.6 Å².